The highest BCUT2D eigenvalue weighted by Gasteiger charge is 2.44. The van der Waals surface area contributed by atoms with Crippen molar-refractivity contribution in [1.82, 2.24) is 0 Å². The van der Waals surface area contributed by atoms with Crippen LogP contribution in [-0.4, -0.2) is 16.6 Å². The Morgan fingerprint density at radius 1 is 0.952 bits per heavy atom. The van der Waals surface area contributed by atoms with Crippen LogP contribution in [0.3, 0.4) is 0 Å². The van der Waals surface area contributed by atoms with Gasteiger partial charge in [-0.3, -0.25) is 0 Å². The average molecular weight is 320 g/mol. The Labute approximate surface area is 133 Å². The molecule has 0 aliphatic carbocycles. The summed E-state index contributed by atoms with van der Waals surface area (Å²) in [5.41, 5.74) is 1.43. The molecule has 110 valence electrons. The Morgan fingerprint density at radius 2 is 1.57 bits per heavy atom. The van der Waals surface area contributed by atoms with Gasteiger partial charge in [0.15, 0.2) is 0 Å². The number of hydrogen-bond acceptors (Lipinski definition) is 3. The fourth-order valence-corrected chi connectivity index (χ4v) is 5.98. The highest BCUT2D eigenvalue weighted by molar-refractivity contribution is 8.18. The fraction of sp³-hybridized carbons (Fsp3) is 0.294. The maximum Gasteiger partial charge on any atom is 0.129 e. The first-order valence-corrected chi connectivity index (χ1v) is 8.97. The summed E-state index contributed by atoms with van der Waals surface area (Å²) in [5.74, 6) is 1.62. The van der Waals surface area contributed by atoms with E-state index in [-0.39, 0.29) is 5.82 Å². The molecule has 2 aromatic carbocycles. The smallest absolute Gasteiger partial charge is 0.129 e. The summed E-state index contributed by atoms with van der Waals surface area (Å²) in [6.07, 6.45) is 0.255. The van der Waals surface area contributed by atoms with Gasteiger partial charge in [-0.05, 0) is 29.6 Å². The Balaban J connectivity index is 2.06. The lowest BCUT2D eigenvalue weighted by molar-refractivity contribution is 0.158. The van der Waals surface area contributed by atoms with Crippen LogP contribution < -0.4 is 0 Å². The van der Waals surface area contributed by atoms with Crippen LogP contribution in [0.15, 0.2) is 54.6 Å². The molecule has 1 heterocycles. The van der Waals surface area contributed by atoms with Gasteiger partial charge in [0.05, 0.1) is 0 Å². The summed E-state index contributed by atoms with van der Waals surface area (Å²) in [6, 6.07) is 16.5. The van der Waals surface area contributed by atoms with Crippen molar-refractivity contribution in [3.63, 3.8) is 0 Å². The molecule has 1 saturated heterocycles. The third-order valence-corrected chi connectivity index (χ3v) is 7.13. The summed E-state index contributed by atoms with van der Waals surface area (Å²) in [5, 5.41) is 10.9. The van der Waals surface area contributed by atoms with Crippen molar-refractivity contribution < 1.29 is 9.50 Å². The highest BCUT2D eigenvalue weighted by Crippen LogP contribution is 2.57. The standard InChI is InChI=1S/C17H17FOS2/c18-15-10-5-4-9-14(15)16(19)17(20-11-6-12-21-17)13-7-2-1-3-8-13/h1-5,7-10,16,19H,6,11-12H2. The molecular weight excluding hydrogens is 303 g/mol. The van der Waals surface area contributed by atoms with Crippen molar-refractivity contribution in [2.75, 3.05) is 11.5 Å². The van der Waals surface area contributed by atoms with Gasteiger partial charge >= 0.3 is 0 Å². The summed E-state index contributed by atoms with van der Waals surface area (Å²) < 4.78 is 13.6. The lowest BCUT2D eigenvalue weighted by atomic mass is 9.99. The van der Waals surface area contributed by atoms with Crippen LogP contribution in [0.25, 0.3) is 0 Å². The number of benzene rings is 2. The Hall–Kier alpha value is -0.970. The van der Waals surface area contributed by atoms with E-state index in [0.29, 0.717) is 5.56 Å². The van der Waals surface area contributed by atoms with Crippen molar-refractivity contribution in [3.05, 3.63) is 71.5 Å². The summed E-state index contributed by atoms with van der Waals surface area (Å²) in [4.78, 5) is 0. The lowest BCUT2D eigenvalue weighted by Gasteiger charge is -2.40. The zero-order valence-corrected chi connectivity index (χ0v) is 13.2. The first-order valence-electron chi connectivity index (χ1n) is 7.00. The van der Waals surface area contributed by atoms with Crippen LogP contribution in [-0.2, 0) is 4.08 Å². The second kappa shape index (κ2) is 6.42. The molecule has 3 rings (SSSR count). The molecule has 2 aromatic rings. The van der Waals surface area contributed by atoms with Crippen LogP contribution in [0, 0.1) is 5.82 Å². The first-order chi connectivity index (χ1) is 10.2. The maximum absolute atomic E-state index is 14.1. The maximum atomic E-state index is 14.1. The molecule has 1 fully saturated rings. The molecule has 1 nitrogen and oxygen atoms in total. The van der Waals surface area contributed by atoms with Gasteiger partial charge in [0.1, 0.15) is 16.0 Å². The number of aliphatic hydroxyl groups excluding tert-OH is 1. The van der Waals surface area contributed by atoms with Crippen molar-refractivity contribution in [3.8, 4) is 0 Å². The Morgan fingerprint density at radius 3 is 2.24 bits per heavy atom. The molecule has 0 aromatic heterocycles. The lowest BCUT2D eigenvalue weighted by Crippen LogP contribution is -2.31. The Bertz CT molecular complexity index is 597. The van der Waals surface area contributed by atoms with Gasteiger partial charge in [-0.25, -0.2) is 4.39 Å². The van der Waals surface area contributed by atoms with Crippen LogP contribution in [0.4, 0.5) is 4.39 Å². The SMILES string of the molecule is OC(c1ccccc1F)C1(c2ccccc2)SCCCS1. The van der Waals surface area contributed by atoms with Crippen molar-refractivity contribution >= 4 is 23.5 Å². The van der Waals surface area contributed by atoms with Crippen molar-refractivity contribution in [1.29, 1.82) is 0 Å². The van der Waals surface area contributed by atoms with Crippen LogP contribution in [0.5, 0.6) is 0 Å². The zero-order valence-electron chi connectivity index (χ0n) is 11.5. The minimum Gasteiger partial charge on any atom is -0.386 e. The molecule has 1 aliphatic heterocycles. The van der Waals surface area contributed by atoms with Crippen molar-refractivity contribution in [2.45, 2.75) is 16.6 Å². The monoisotopic (exact) mass is 320 g/mol. The number of rotatable bonds is 3. The Kier molecular flexibility index (Phi) is 4.57. The summed E-state index contributed by atoms with van der Waals surface area (Å²) >= 11 is 3.44. The predicted molar refractivity (Wildman–Crippen MR) is 89.0 cm³/mol. The molecule has 0 amide bonds. The van der Waals surface area contributed by atoms with Gasteiger partial charge in [0, 0.05) is 5.56 Å². The highest BCUT2D eigenvalue weighted by atomic mass is 32.2. The molecule has 0 radical (unpaired) electrons. The third-order valence-electron chi connectivity index (χ3n) is 3.66. The molecule has 1 atom stereocenters. The predicted octanol–water partition coefficient (Wildman–Crippen LogP) is 4.58. The zero-order chi connectivity index (χ0) is 14.7. The van der Waals surface area contributed by atoms with Gasteiger partial charge in [-0.1, -0.05) is 48.5 Å². The van der Waals surface area contributed by atoms with Gasteiger partial charge < -0.3 is 5.11 Å². The minimum absolute atomic E-state index is 0.341. The van der Waals surface area contributed by atoms with E-state index in [2.05, 4.69) is 0 Å². The third kappa shape index (κ3) is 2.85. The first kappa shape index (κ1) is 14.9. The minimum atomic E-state index is -0.864. The number of hydrogen-bond donors (Lipinski definition) is 1. The summed E-state index contributed by atoms with van der Waals surface area (Å²) in [7, 11) is 0. The van der Waals surface area contributed by atoms with E-state index in [1.807, 2.05) is 30.3 Å². The molecule has 1 N–H and O–H groups in total. The molecule has 1 aliphatic rings. The molecule has 0 spiro atoms. The van der Waals surface area contributed by atoms with Gasteiger partial charge in [-0.2, -0.15) is 0 Å². The van der Waals surface area contributed by atoms with Gasteiger partial charge in [0.2, 0.25) is 0 Å². The van der Waals surface area contributed by atoms with Crippen molar-refractivity contribution in [2.24, 2.45) is 0 Å². The van der Waals surface area contributed by atoms with E-state index in [9.17, 15) is 9.50 Å². The van der Waals surface area contributed by atoms with Gasteiger partial charge in [0.25, 0.3) is 0 Å². The second-order valence-electron chi connectivity index (χ2n) is 5.01. The van der Waals surface area contributed by atoms with Gasteiger partial charge in [-0.15, -0.1) is 23.5 Å². The van der Waals surface area contributed by atoms with Crippen LogP contribution in [0.2, 0.25) is 0 Å². The quantitative estimate of drug-likeness (QED) is 0.894. The molecule has 21 heavy (non-hydrogen) atoms. The van der Waals surface area contributed by atoms with E-state index in [1.165, 1.54) is 6.07 Å². The fourth-order valence-electron chi connectivity index (χ4n) is 2.60. The molecule has 4 heteroatoms. The average Bonchev–Trinajstić information content (AvgIpc) is 2.56. The number of halogens is 1. The van der Waals surface area contributed by atoms with Crippen LogP contribution in [0.1, 0.15) is 23.7 Å². The molecule has 0 bridgehead atoms. The van der Waals surface area contributed by atoms with E-state index in [4.69, 9.17) is 0 Å². The second-order valence-corrected chi connectivity index (χ2v) is 7.95. The molecular formula is C17H17FOS2. The molecule has 1 unspecified atom stereocenters. The van der Waals surface area contributed by atoms with E-state index in [0.717, 1.165) is 23.5 Å². The topological polar surface area (TPSA) is 20.2 Å². The largest absolute Gasteiger partial charge is 0.386 e. The normalized spacial score (nSPS) is 19.1. The summed E-state index contributed by atoms with van der Waals surface area (Å²) in [6.45, 7) is 0. The number of aliphatic hydroxyl groups is 1. The number of thioether (sulfide) groups is 2. The van der Waals surface area contributed by atoms with E-state index in [1.54, 1.807) is 41.7 Å². The molecule has 0 saturated carbocycles. The van der Waals surface area contributed by atoms with E-state index >= 15 is 0 Å². The van der Waals surface area contributed by atoms with E-state index < -0.39 is 10.2 Å². The van der Waals surface area contributed by atoms with Crippen LogP contribution >= 0.6 is 23.5 Å².